The van der Waals surface area contributed by atoms with E-state index in [9.17, 15) is 14.4 Å². The number of carbonyl (C=O) groups is 3. The number of amides is 3. The number of aromatic nitrogens is 1. The van der Waals surface area contributed by atoms with Gasteiger partial charge in [0.05, 0.1) is 5.69 Å². The van der Waals surface area contributed by atoms with E-state index in [1.807, 2.05) is 30.3 Å². The fourth-order valence-corrected chi connectivity index (χ4v) is 4.60. The molecule has 1 aliphatic rings. The zero-order chi connectivity index (χ0) is 22.4. The van der Waals surface area contributed by atoms with Crippen LogP contribution in [0.1, 0.15) is 64.8 Å². The Morgan fingerprint density at radius 3 is 2.48 bits per heavy atom. The van der Waals surface area contributed by atoms with Crippen LogP contribution in [-0.2, 0) is 11.2 Å². The molecule has 1 atom stereocenters. The van der Waals surface area contributed by atoms with E-state index in [2.05, 4.69) is 9.69 Å². The summed E-state index contributed by atoms with van der Waals surface area (Å²) >= 11 is 0.829. The second-order valence-electron chi connectivity index (χ2n) is 7.89. The maximum Gasteiger partial charge on any atom is 0.270 e. The van der Waals surface area contributed by atoms with Gasteiger partial charge in [-0.1, -0.05) is 49.6 Å². The molecular formula is C22H29N5O3S. The van der Waals surface area contributed by atoms with Gasteiger partial charge < -0.3 is 21.7 Å². The second kappa shape index (κ2) is 10.4. The summed E-state index contributed by atoms with van der Waals surface area (Å²) in [5.74, 6) is -1.40. The Balaban J connectivity index is 1.80. The van der Waals surface area contributed by atoms with Gasteiger partial charge in [-0.2, -0.15) is 4.37 Å². The van der Waals surface area contributed by atoms with E-state index in [1.165, 1.54) is 11.3 Å². The molecule has 166 valence electrons. The first kappa shape index (κ1) is 22.7. The predicted octanol–water partition coefficient (Wildman–Crippen LogP) is 2.35. The molecule has 9 heteroatoms. The topological polar surface area (TPSA) is 131 Å². The van der Waals surface area contributed by atoms with Crippen LogP contribution in [0.3, 0.4) is 0 Å². The van der Waals surface area contributed by atoms with Gasteiger partial charge in [-0.05, 0) is 43.3 Å². The normalized spacial score (nSPS) is 15.3. The van der Waals surface area contributed by atoms with Crippen LogP contribution in [0.15, 0.2) is 30.3 Å². The van der Waals surface area contributed by atoms with Crippen molar-refractivity contribution in [2.75, 3.05) is 12.3 Å². The number of hydrogen-bond acceptors (Lipinski definition) is 6. The lowest BCUT2D eigenvalue weighted by molar-refractivity contribution is -0.126. The maximum absolute atomic E-state index is 13.3. The number of benzene rings is 1. The number of primary amides is 1. The third-order valence-corrected chi connectivity index (χ3v) is 6.55. The highest BCUT2D eigenvalue weighted by atomic mass is 32.1. The third kappa shape index (κ3) is 5.61. The van der Waals surface area contributed by atoms with Gasteiger partial charge in [0.2, 0.25) is 5.91 Å². The highest BCUT2D eigenvalue weighted by Crippen LogP contribution is 2.25. The van der Waals surface area contributed by atoms with Crippen LogP contribution in [0.4, 0.5) is 5.69 Å². The van der Waals surface area contributed by atoms with E-state index < -0.39 is 17.9 Å². The van der Waals surface area contributed by atoms with E-state index in [0.717, 1.165) is 42.8 Å². The summed E-state index contributed by atoms with van der Waals surface area (Å²) in [6.07, 6.45) is 5.89. The Bertz CT molecular complexity index is 924. The van der Waals surface area contributed by atoms with Gasteiger partial charge in [-0.25, -0.2) is 0 Å². The van der Waals surface area contributed by atoms with E-state index in [-0.39, 0.29) is 28.2 Å². The van der Waals surface area contributed by atoms with Crippen LogP contribution < -0.4 is 16.8 Å². The van der Waals surface area contributed by atoms with E-state index >= 15 is 0 Å². The maximum atomic E-state index is 13.3. The lowest BCUT2D eigenvalue weighted by Gasteiger charge is -2.31. The van der Waals surface area contributed by atoms with E-state index in [1.54, 1.807) is 6.92 Å². The summed E-state index contributed by atoms with van der Waals surface area (Å²) in [6, 6.07) is 9.18. The van der Waals surface area contributed by atoms with Crippen molar-refractivity contribution in [2.45, 2.75) is 57.5 Å². The summed E-state index contributed by atoms with van der Waals surface area (Å²) in [5.41, 5.74) is 12.2. The van der Waals surface area contributed by atoms with Crippen molar-refractivity contribution in [1.82, 2.24) is 14.6 Å². The molecule has 0 radical (unpaired) electrons. The van der Waals surface area contributed by atoms with Crippen molar-refractivity contribution < 1.29 is 14.4 Å². The van der Waals surface area contributed by atoms with Crippen molar-refractivity contribution in [3.8, 4) is 0 Å². The van der Waals surface area contributed by atoms with Crippen LogP contribution in [-0.4, -0.2) is 45.6 Å². The van der Waals surface area contributed by atoms with Crippen molar-refractivity contribution >= 4 is 34.9 Å². The molecule has 1 aliphatic carbocycles. The first-order valence-corrected chi connectivity index (χ1v) is 11.4. The van der Waals surface area contributed by atoms with Crippen molar-refractivity contribution in [3.05, 3.63) is 46.5 Å². The summed E-state index contributed by atoms with van der Waals surface area (Å²) in [6.45, 7) is 2.04. The zero-order valence-electron chi connectivity index (χ0n) is 17.7. The molecule has 31 heavy (non-hydrogen) atoms. The Labute approximate surface area is 186 Å². The summed E-state index contributed by atoms with van der Waals surface area (Å²) in [7, 11) is 0. The highest BCUT2D eigenvalue weighted by molar-refractivity contribution is 7.09. The fraction of sp³-hybridized carbons (Fsp3) is 0.455. The summed E-state index contributed by atoms with van der Waals surface area (Å²) < 4.78 is 3.93. The van der Waals surface area contributed by atoms with Gasteiger partial charge in [0.25, 0.3) is 11.8 Å². The Morgan fingerprint density at radius 2 is 1.87 bits per heavy atom. The smallest absolute Gasteiger partial charge is 0.270 e. The molecule has 1 aromatic carbocycles. The van der Waals surface area contributed by atoms with Gasteiger partial charge in [0.15, 0.2) is 5.69 Å². The van der Waals surface area contributed by atoms with Gasteiger partial charge in [-0.3, -0.25) is 14.4 Å². The molecule has 3 rings (SSSR count). The molecule has 0 spiro atoms. The average molecular weight is 444 g/mol. The Kier molecular flexibility index (Phi) is 7.62. The summed E-state index contributed by atoms with van der Waals surface area (Å²) in [5, 5.41) is 3.09. The fourth-order valence-electron chi connectivity index (χ4n) is 3.84. The molecule has 0 bridgehead atoms. The lowest BCUT2D eigenvalue weighted by atomic mass is 9.95. The zero-order valence-corrected chi connectivity index (χ0v) is 18.5. The number of nitrogens with two attached hydrogens (primary N) is 2. The van der Waals surface area contributed by atoms with Crippen molar-refractivity contribution in [3.63, 3.8) is 0 Å². The van der Waals surface area contributed by atoms with Crippen LogP contribution >= 0.6 is 11.5 Å². The van der Waals surface area contributed by atoms with E-state index in [0.29, 0.717) is 13.0 Å². The monoisotopic (exact) mass is 443 g/mol. The van der Waals surface area contributed by atoms with Crippen LogP contribution in [0.5, 0.6) is 0 Å². The third-order valence-electron chi connectivity index (χ3n) is 5.70. The minimum absolute atomic E-state index is 0.0351. The number of rotatable bonds is 8. The molecule has 8 nitrogen and oxygen atoms in total. The molecule has 1 saturated carbocycles. The molecule has 2 aromatic rings. The minimum Gasteiger partial charge on any atom is -0.395 e. The van der Waals surface area contributed by atoms with E-state index in [4.69, 9.17) is 11.5 Å². The predicted molar refractivity (Wildman–Crippen MR) is 121 cm³/mol. The van der Waals surface area contributed by atoms with Crippen LogP contribution in [0, 0.1) is 0 Å². The van der Waals surface area contributed by atoms with Gasteiger partial charge in [-0.15, -0.1) is 0 Å². The minimum atomic E-state index is -0.785. The molecule has 3 amide bonds. The first-order chi connectivity index (χ1) is 14.9. The van der Waals surface area contributed by atoms with Crippen LogP contribution in [0.2, 0.25) is 0 Å². The Hall–Kier alpha value is -2.94. The number of hydrogen-bond donors (Lipinski definition) is 3. The molecule has 1 heterocycles. The number of nitrogens with zero attached hydrogens (tertiary/aromatic N) is 2. The highest BCUT2D eigenvalue weighted by Gasteiger charge is 2.31. The lowest BCUT2D eigenvalue weighted by Crippen LogP contribution is -2.51. The number of nitrogens with one attached hydrogen (secondary N) is 1. The standard InChI is InChI=1S/C22H29N5O3S/c1-14(21(29)25-16-10-6-3-7-11-16)27(13-12-15-8-4-2-5-9-15)22(30)19-17(23)18(20(24)28)26-31-19/h2,4-5,8-9,14,16H,3,6-7,10-13,23H2,1H3,(H2,24,28)(H,25,29). The number of nitrogen functional groups attached to an aromatic ring is 1. The largest absolute Gasteiger partial charge is 0.395 e. The molecule has 0 saturated heterocycles. The van der Waals surface area contributed by atoms with Crippen molar-refractivity contribution in [1.29, 1.82) is 0 Å². The molecular weight excluding hydrogens is 414 g/mol. The number of anilines is 1. The quantitative estimate of drug-likeness (QED) is 0.576. The first-order valence-electron chi connectivity index (χ1n) is 10.6. The molecule has 1 fully saturated rings. The van der Waals surface area contributed by atoms with Crippen molar-refractivity contribution in [2.24, 2.45) is 5.73 Å². The molecule has 0 aliphatic heterocycles. The molecule has 1 aromatic heterocycles. The van der Waals surface area contributed by atoms with Gasteiger partial charge in [0, 0.05) is 12.6 Å². The molecule has 1 unspecified atom stereocenters. The second-order valence-corrected chi connectivity index (χ2v) is 8.67. The SMILES string of the molecule is CC(C(=O)NC1CCCCC1)N(CCc1ccccc1)C(=O)c1snc(C(N)=O)c1N. The van der Waals surface area contributed by atoms with Gasteiger partial charge >= 0.3 is 0 Å². The Morgan fingerprint density at radius 1 is 1.19 bits per heavy atom. The van der Waals surface area contributed by atoms with Crippen LogP contribution in [0.25, 0.3) is 0 Å². The molecule has 5 N–H and O–H groups in total. The average Bonchev–Trinajstić information content (AvgIpc) is 3.16. The van der Waals surface area contributed by atoms with Gasteiger partial charge in [0.1, 0.15) is 10.9 Å². The number of carbonyl (C=O) groups excluding carboxylic acids is 3. The summed E-state index contributed by atoms with van der Waals surface area (Å²) in [4.78, 5) is 39.4.